The van der Waals surface area contributed by atoms with E-state index in [0.29, 0.717) is 16.7 Å². The number of carbonyl (C=O) groups is 1. The highest BCUT2D eigenvalue weighted by molar-refractivity contribution is 5.92. The maximum absolute atomic E-state index is 12.9. The van der Waals surface area contributed by atoms with Crippen molar-refractivity contribution in [2.45, 2.75) is 13.5 Å². The van der Waals surface area contributed by atoms with Gasteiger partial charge in [-0.1, -0.05) is 48.5 Å². The van der Waals surface area contributed by atoms with Crippen LogP contribution in [0.1, 0.15) is 5.56 Å². The minimum atomic E-state index is -1.10. The summed E-state index contributed by atoms with van der Waals surface area (Å²) >= 11 is 0. The maximum atomic E-state index is 12.9. The Bertz CT molecular complexity index is 1260. The van der Waals surface area contributed by atoms with E-state index in [4.69, 9.17) is 5.11 Å². The molecule has 4 rings (SSSR count). The molecule has 0 radical (unpaired) electrons. The van der Waals surface area contributed by atoms with E-state index < -0.39 is 18.1 Å². The van der Waals surface area contributed by atoms with Gasteiger partial charge in [-0.25, -0.2) is 9.67 Å². The van der Waals surface area contributed by atoms with Gasteiger partial charge in [-0.2, -0.15) is 5.10 Å². The number of aromatic nitrogens is 4. The molecular formula is C21H18N4O3. The molecule has 7 heteroatoms. The molecule has 0 saturated heterocycles. The van der Waals surface area contributed by atoms with Crippen molar-refractivity contribution in [3.8, 4) is 22.4 Å². The summed E-state index contributed by atoms with van der Waals surface area (Å²) in [6.45, 7) is 1.52. The van der Waals surface area contributed by atoms with Crippen LogP contribution in [0, 0.1) is 6.92 Å². The normalized spacial score (nSPS) is 11.1. The van der Waals surface area contributed by atoms with E-state index in [1.54, 1.807) is 11.7 Å². The van der Waals surface area contributed by atoms with Gasteiger partial charge in [0.05, 0.1) is 0 Å². The van der Waals surface area contributed by atoms with Crippen LogP contribution in [0.3, 0.4) is 0 Å². The third-order valence-corrected chi connectivity index (χ3v) is 4.71. The Balaban J connectivity index is 1.90. The first kappa shape index (κ1) is 17.7. The van der Waals surface area contributed by atoms with Crippen molar-refractivity contribution >= 4 is 17.0 Å². The second-order valence-electron chi connectivity index (χ2n) is 6.64. The zero-order valence-corrected chi connectivity index (χ0v) is 15.5. The molecule has 0 atom stereocenters. The summed E-state index contributed by atoms with van der Waals surface area (Å²) in [5.74, 6) is -1.10. The van der Waals surface area contributed by atoms with Gasteiger partial charge >= 0.3 is 5.97 Å². The molecule has 0 amide bonds. The molecule has 2 aromatic carbocycles. The lowest BCUT2D eigenvalue weighted by Gasteiger charge is -2.08. The van der Waals surface area contributed by atoms with Crippen LogP contribution in [0.4, 0.5) is 0 Å². The molecule has 2 heterocycles. The zero-order chi connectivity index (χ0) is 19.8. The van der Waals surface area contributed by atoms with Crippen molar-refractivity contribution in [2.75, 3.05) is 0 Å². The number of hydrogen-bond acceptors (Lipinski definition) is 4. The lowest BCUT2D eigenvalue weighted by molar-refractivity contribution is -0.137. The second-order valence-corrected chi connectivity index (χ2v) is 6.64. The van der Waals surface area contributed by atoms with Gasteiger partial charge in [0.1, 0.15) is 24.0 Å². The average Bonchev–Trinajstić information content (AvgIpc) is 3.01. The number of fused-ring (bicyclic) bond motifs is 1. The van der Waals surface area contributed by atoms with E-state index in [2.05, 4.69) is 16.1 Å². The largest absolute Gasteiger partial charge is 0.480 e. The van der Waals surface area contributed by atoms with Crippen LogP contribution < -0.4 is 5.56 Å². The van der Waals surface area contributed by atoms with Crippen LogP contribution in [0.25, 0.3) is 33.4 Å². The molecule has 0 saturated carbocycles. The minimum Gasteiger partial charge on any atom is -0.480 e. The first-order valence-electron chi connectivity index (χ1n) is 8.76. The Morgan fingerprint density at radius 3 is 2.54 bits per heavy atom. The summed E-state index contributed by atoms with van der Waals surface area (Å²) in [5.41, 5.74) is 4.48. The minimum absolute atomic E-state index is 0.321. The number of rotatable bonds is 4. The van der Waals surface area contributed by atoms with Gasteiger partial charge in [0.15, 0.2) is 5.65 Å². The first-order valence-corrected chi connectivity index (χ1v) is 8.76. The number of aliphatic carboxylic acids is 1. The zero-order valence-electron chi connectivity index (χ0n) is 15.5. The molecule has 0 bridgehead atoms. The van der Waals surface area contributed by atoms with Crippen molar-refractivity contribution in [3.63, 3.8) is 0 Å². The van der Waals surface area contributed by atoms with E-state index in [0.717, 1.165) is 26.8 Å². The molecule has 0 aliphatic carbocycles. The highest BCUT2D eigenvalue weighted by atomic mass is 16.4. The summed E-state index contributed by atoms with van der Waals surface area (Å²) in [5, 5.41) is 13.8. The van der Waals surface area contributed by atoms with Crippen LogP contribution in [-0.4, -0.2) is 30.4 Å². The predicted molar refractivity (Wildman–Crippen MR) is 106 cm³/mol. The molecular weight excluding hydrogens is 356 g/mol. The fourth-order valence-electron chi connectivity index (χ4n) is 3.37. The molecule has 7 nitrogen and oxygen atoms in total. The van der Waals surface area contributed by atoms with Crippen molar-refractivity contribution in [2.24, 2.45) is 7.05 Å². The number of benzene rings is 2. The number of carboxylic acids is 1. The van der Waals surface area contributed by atoms with E-state index >= 15 is 0 Å². The van der Waals surface area contributed by atoms with Crippen molar-refractivity contribution < 1.29 is 9.90 Å². The van der Waals surface area contributed by atoms with Gasteiger partial charge in [0.2, 0.25) is 0 Å². The highest BCUT2D eigenvalue weighted by Gasteiger charge is 2.19. The second kappa shape index (κ2) is 6.77. The van der Waals surface area contributed by atoms with Crippen molar-refractivity contribution in [1.29, 1.82) is 0 Å². The fourth-order valence-corrected chi connectivity index (χ4v) is 3.37. The third kappa shape index (κ3) is 2.96. The quantitative estimate of drug-likeness (QED) is 0.593. The first-order chi connectivity index (χ1) is 13.5. The summed E-state index contributed by atoms with van der Waals surface area (Å²) in [4.78, 5) is 28.1. The monoisotopic (exact) mass is 374 g/mol. The van der Waals surface area contributed by atoms with Gasteiger partial charge < -0.3 is 5.11 Å². The number of nitrogens with zero attached hydrogens (tertiary/aromatic N) is 4. The number of aryl methyl sites for hydroxylation is 2. The van der Waals surface area contributed by atoms with Crippen LogP contribution in [0.5, 0.6) is 0 Å². The Morgan fingerprint density at radius 1 is 1.11 bits per heavy atom. The summed E-state index contributed by atoms with van der Waals surface area (Å²) in [6, 6.07) is 16.0. The molecule has 0 aliphatic rings. The highest BCUT2D eigenvalue weighted by Crippen LogP contribution is 2.30. The molecule has 1 N–H and O–H groups in total. The fraction of sp³-hybridized carbons (Fsp3) is 0.143. The Kier molecular flexibility index (Phi) is 4.27. The summed E-state index contributed by atoms with van der Waals surface area (Å²) < 4.78 is 2.63. The standard InChI is InChI=1S/C21H18N4O3/c1-13-10-15(14-6-4-3-5-7-14)8-9-16(13)19-18-20(24(2)23-19)22-12-25(21(18)28)11-17(26)27/h3-10,12H,11H2,1-2H3,(H,26,27). The maximum Gasteiger partial charge on any atom is 0.323 e. The van der Waals surface area contributed by atoms with E-state index in [1.165, 1.54) is 6.33 Å². The molecule has 2 aromatic heterocycles. The van der Waals surface area contributed by atoms with Crippen LogP contribution in [0.2, 0.25) is 0 Å². The van der Waals surface area contributed by atoms with Gasteiger partial charge in [0, 0.05) is 12.6 Å². The van der Waals surface area contributed by atoms with Crippen LogP contribution >= 0.6 is 0 Å². The van der Waals surface area contributed by atoms with Gasteiger partial charge in [-0.05, 0) is 23.6 Å². The predicted octanol–water partition coefficient (Wildman–Crippen LogP) is 2.86. The Morgan fingerprint density at radius 2 is 1.86 bits per heavy atom. The molecule has 0 unspecified atom stereocenters. The van der Waals surface area contributed by atoms with Crippen LogP contribution in [-0.2, 0) is 18.4 Å². The summed E-state index contributed by atoms with van der Waals surface area (Å²) in [7, 11) is 1.72. The number of hydrogen-bond donors (Lipinski definition) is 1. The number of carboxylic acid groups (broad SMARTS) is 1. The Labute approximate surface area is 160 Å². The van der Waals surface area contributed by atoms with E-state index in [-0.39, 0.29) is 0 Å². The van der Waals surface area contributed by atoms with Gasteiger partial charge in [-0.15, -0.1) is 0 Å². The molecule has 140 valence electrons. The molecule has 4 aromatic rings. The lowest BCUT2D eigenvalue weighted by atomic mass is 9.97. The third-order valence-electron chi connectivity index (χ3n) is 4.71. The van der Waals surface area contributed by atoms with Gasteiger partial charge in [0.25, 0.3) is 5.56 Å². The average molecular weight is 374 g/mol. The Hall–Kier alpha value is -3.74. The van der Waals surface area contributed by atoms with Crippen molar-refractivity contribution in [3.05, 3.63) is 70.8 Å². The summed E-state index contributed by atoms with van der Waals surface area (Å²) in [6.07, 6.45) is 1.25. The van der Waals surface area contributed by atoms with Crippen LogP contribution in [0.15, 0.2) is 59.7 Å². The smallest absolute Gasteiger partial charge is 0.323 e. The SMILES string of the molecule is Cc1cc(-c2ccccc2)ccc1-c1nn(C)c2ncn(CC(=O)O)c(=O)c12. The molecule has 0 aliphatic heterocycles. The molecule has 0 fully saturated rings. The lowest BCUT2D eigenvalue weighted by Crippen LogP contribution is -2.24. The van der Waals surface area contributed by atoms with Crippen molar-refractivity contribution in [1.82, 2.24) is 19.3 Å². The van der Waals surface area contributed by atoms with E-state index in [9.17, 15) is 9.59 Å². The topological polar surface area (TPSA) is 90.0 Å². The molecule has 28 heavy (non-hydrogen) atoms. The van der Waals surface area contributed by atoms with Gasteiger partial charge in [-0.3, -0.25) is 14.2 Å². The van der Waals surface area contributed by atoms with E-state index in [1.807, 2.05) is 49.4 Å². The molecule has 0 spiro atoms.